The van der Waals surface area contributed by atoms with E-state index in [1.807, 2.05) is 29.7 Å². The SMILES string of the molecule is CC(N)Cc1nc2c(N)nc(N)nc2n1Cc1ccccc1. The molecular formula is C15H19N7. The summed E-state index contributed by atoms with van der Waals surface area (Å²) in [5, 5.41) is 0. The highest BCUT2D eigenvalue weighted by Crippen LogP contribution is 2.22. The number of anilines is 2. The highest BCUT2D eigenvalue weighted by Gasteiger charge is 2.17. The van der Waals surface area contributed by atoms with Crippen molar-refractivity contribution in [1.82, 2.24) is 19.5 Å². The molecule has 22 heavy (non-hydrogen) atoms. The smallest absolute Gasteiger partial charge is 0.224 e. The highest BCUT2D eigenvalue weighted by atomic mass is 15.2. The molecule has 0 aliphatic rings. The normalized spacial score (nSPS) is 12.6. The zero-order chi connectivity index (χ0) is 15.7. The quantitative estimate of drug-likeness (QED) is 0.658. The maximum absolute atomic E-state index is 5.93. The molecule has 0 saturated heterocycles. The van der Waals surface area contributed by atoms with Crippen LogP contribution >= 0.6 is 0 Å². The van der Waals surface area contributed by atoms with Crippen molar-refractivity contribution in [1.29, 1.82) is 0 Å². The molecule has 0 radical (unpaired) electrons. The van der Waals surface area contributed by atoms with Gasteiger partial charge in [-0.3, -0.25) is 0 Å². The molecule has 7 nitrogen and oxygen atoms in total. The minimum Gasteiger partial charge on any atom is -0.382 e. The van der Waals surface area contributed by atoms with Crippen LogP contribution in [0.25, 0.3) is 11.2 Å². The molecule has 0 aliphatic carbocycles. The summed E-state index contributed by atoms with van der Waals surface area (Å²) in [6.07, 6.45) is 0.628. The maximum Gasteiger partial charge on any atom is 0.224 e. The second-order valence-corrected chi connectivity index (χ2v) is 5.42. The van der Waals surface area contributed by atoms with Crippen LogP contribution < -0.4 is 17.2 Å². The molecule has 0 saturated carbocycles. The van der Waals surface area contributed by atoms with Crippen LogP contribution in [-0.2, 0) is 13.0 Å². The predicted molar refractivity (Wildman–Crippen MR) is 87.0 cm³/mol. The van der Waals surface area contributed by atoms with Crippen LogP contribution in [0.3, 0.4) is 0 Å². The van der Waals surface area contributed by atoms with Gasteiger partial charge in [0.1, 0.15) is 5.82 Å². The number of imidazole rings is 1. The van der Waals surface area contributed by atoms with E-state index in [-0.39, 0.29) is 12.0 Å². The number of rotatable bonds is 4. The van der Waals surface area contributed by atoms with E-state index < -0.39 is 0 Å². The summed E-state index contributed by atoms with van der Waals surface area (Å²) in [5.74, 6) is 1.27. The van der Waals surface area contributed by atoms with Gasteiger partial charge in [0.25, 0.3) is 0 Å². The molecule has 1 atom stereocenters. The minimum atomic E-state index is -0.0159. The molecule has 6 N–H and O–H groups in total. The van der Waals surface area contributed by atoms with E-state index in [0.717, 1.165) is 11.4 Å². The van der Waals surface area contributed by atoms with Crippen LogP contribution in [0.15, 0.2) is 30.3 Å². The molecule has 2 aromatic heterocycles. The van der Waals surface area contributed by atoms with Gasteiger partial charge in [-0.25, -0.2) is 4.98 Å². The van der Waals surface area contributed by atoms with Crippen LogP contribution in [-0.4, -0.2) is 25.6 Å². The average molecular weight is 297 g/mol. The molecule has 0 spiro atoms. The van der Waals surface area contributed by atoms with Gasteiger partial charge in [0.05, 0.1) is 6.54 Å². The number of nitrogens with zero attached hydrogens (tertiary/aromatic N) is 4. The number of nitrogen functional groups attached to an aromatic ring is 2. The fourth-order valence-corrected chi connectivity index (χ4v) is 2.46. The molecule has 3 rings (SSSR count). The lowest BCUT2D eigenvalue weighted by Gasteiger charge is -2.10. The van der Waals surface area contributed by atoms with Crippen LogP contribution in [0.5, 0.6) is 0 Å². The lowest BCUT2D eigenvalue weighted by Crippen LogP contribution is -2.21. The third kappa shape index (κ3) is 2.71. The van der Waals surface area contributed by atoms with Gasteiger partial charge in [0.2, 0.25) is 5.95 Å². The van der Waals surface area contributed by atoms with Gasteiger partial charge in [-0.2, -0.15) is 9.97 Å². The van der Waals surface area contributed by atoms with E-state index in [2.05, 4.69) is 27.1 Å². The van der Waals surface area contributed by atoms with Crippen molar-refractivity contribution in [3.05, 3.63) is 41.7 Å². The van der Waals surface area contributed by atoms with Gasteiger partial charge < -0.3 is 21.8 Å². The summed E-state index contributed by atoms with van der Waals surface area (Å²) in [4.78, 5) is 12.9. The summed E-state index contributed by atoms with van der Waals surface area (Å²) in [7, 11) is 0. The van der Waals surface area contributed by atoms with Crippen molar-refractivity contribution in [2.45, 2.75) is 25.9 Å². The van der Waals surface area contributed by atoms with E-state index in [1.54, 1.807) is 0 Å². The first kappa shape index (κ1) is 14.3. The summed E-state index contributed by atoms with van der Waals surface area (Å²) in [6, 6.07) is 10.1. The molecule has 2 heterocycles. The lowest BCUT2D eigenvalue weighted by atomic mass is 10.2. The Balaban J connectivity index is 2.15. The van der Waals surface area contributed by atoms with Crippen LogP contribution in [0.1, 0.15) is 18.3 Å². The Labute approximate surface area is 128 Å². The minimum absolute atomic E-state index is 0.0159. The third-order valence-electron chi connectivity index (χ3n) is 3.41. The van der Waals surface area contributed by atoms with E-state index in [1.165, 1.54) is 0 Å². The van der Waals surface area contributed by atoms with Gasteiger partial charge >= 0.3 is 0 Å². The molecule has 114 valence electrons. The Hall–Kier alpha value is -2.67. The first-order valence-electron chi connectivity index (χ1n) is 7.12. The zero-order valence-electron chi connectivity index (χ0n) is 12.4. The van der Waals surface area contributed by atoms with Gasteiger partial charge in [-0.05, 0) is 12.5 Å². The third-order valence-corrected chi connectivity index (χ3v) is 3.41. The van der Waals surface area contributed by atoms with Crippen molar-refractivity contribution in [3.63, 3.8) is 0 Å². The van der Waals surface area contributed by atoms with Crippen molar-refractivity contribution < 1.29 is 0 Å². The van der Waals surface area contributed by atoms with E-state index >= 15 is 0 Å². The zero-order valence-corrected chi connectivity index (χ0v) is 12.4. The molecule has 0 aliphatic heterocycles. The average Bonchev–Trinajstić information content (AvgIpc) is 2.78. The Morgan fingerprint density at radius 2 is 1.82 bits per heavy atom. The molecule has 0 bridgehead atoms. The molecule has 0 amide bonds. The first-order chi connectivity index (χ1) is 10.5. The van der Waals surface area contributed by atoms with Crippen LogP contribution in [0.4, 0.5) is 11.8 Å². The van der Waals surface area contributed by atoms with E-state index in [9.17, 15) is 0 Å². The van der Waals surface area contributed by atoms with Crippen LogP contribution in [0, 0.1) is 0 Å². The first-order valence-corrected chi connectivity index (χ1v) is 7.12. The van der Waals surface area contributed by atoms with Gasteiger partial charge in [-0.1, -0.05) is 30.3 Å². The molecule has 0 fully saturated rings. The van der Waals surface area contributed by atoms with Crippen molar-refractivity contribution in [2.75, 3.05) is 11.5 Å². The van der Waals surface area contributed by atoms with Crippen molar-refractivity contribution in [3.8, 4) is 0 Å². The molecule has 3 aromatic rings. The van der Waals surface area contributed by atoms with E-state index in [4.69, 9.17) is 17.2 Å². The number of hydrogen-bond donors (Lipinski definition) is 3. The summed E-state index contributed by atoms with van der Waals surface area (Å²) < 4.78 is 2.00. The number of benzene rings is 1. The Morgan fingerprint density at radius 1 is 1.09 bits per heavy atom. The number of hydrogen-bond acceptors (Lipinski definition) is 6. The van der Waals surface area contributed by atoms with Crippen LogP contribution in [0.2, 0.25) is 0 Å². The summed E-state index contributed by atoms with van der Waals surface area (Å²) >= 11 is 0. The maximum atomic E-state index is 5.93. The lowest BCUT2D eigenvalue weighted by molar-refractivity contribution is 0.655. The van der Waals surface area contributed by atoms with Gasteiger partial charge in [-0.15, -0.1) is 0 Å². The number of fused-ring (bicyclic) bond motifs is 1. The monoisotopic (exact) mass is 297 g/mol. The van der Waals surface area contributed by atoms with Crippen molar-refractivity contribution in [2.24, 2.45) is 5.73 Å². The largest absolute Gasteiger partial charge is 0.382 e. The standard InChI is InChI=1S/C15H19N7/c1-9(16)7-11-19-12-13(17)20-15(18)21-14(12)22(11)8-10-5-3-2-4-6-10/h2-6,9H,7-8,16H2,1H3,(H4,17,18,20,21). The molecule has 1 aromatic carbocycles. The Bertz CT molecular complexity index is 793. The topological polar surface area (TPSA) is 122 Å². The predicted octanol–water partition coefficient (Wildman–Crippen LogP) is 0.929. The summed E-state index contributed by atoms with van der Waals surface area (Å²) in [6.45, 7) is 2.57. The summed E-state index contributed by atoms with van der Waals surface area (Å²) in [5.41, 5.74) is 19.9. The molecular weight excluding hydrogens is 278 g/mol. The molecule has 1 unspecified atom stereocenters. The van der Waals surface area contributed by atoms with Crippen molar-refractivity contribution >= 4 is 22.9 Å². The number of nitrogens with two attached hydrogens (primary N) is 3. The Morgan fingerprint density at radius 3 is 2.50 bits per heavy atom. The molecule has 7 heteroatoms. The highest BCUT2D eigenvalue weighted by molar-refractivity contribution is 5.83. The second kappa shape index (κ2) is 5.61. The van der Waals surface area contributed by atoms with Gasteiger partial charge in [0.15, 0.2) is 17.0 Å². The van der Waals surface area contributed by atoms with Gasteiger partial charge in [0, 0.05) is 12.5 Å². The fourth-order valence-electron chi connectivity index (χ4n) is 2.46. The Kier molecular flexibility index (Phi) is 3.64. The fraction of sp³-hybridized carbons (Fsp3) is 0.267. The second-order valence-electron chi connectivity index (χ2n) is 5.42. The number of aromatic nitrogens is 4. The van der Waals surface area contributed by atoms with E-state index in [0.29, 0.717) is 29.9 Å².